The molecule has 1 aromatic rings. The maximum atomic E-state index is 13.5. The molecule has 6 nitrogen and oxygen atoms in total. The maximum Gasteiger partial charge on any atom is 0.314 e. The number of epoxide rings is 1. The minimum atomic E-state index is -0.157. The van der Waals surface area contributed by atoms with Crippen molar-refractivity contribution in [2.45, 2.75) is 200 Å². The van der Waals surface area contributed by atoms with Crippen LogP contribution in [0.4, 0.5) is 0 Å². The SMILES string of the molecule is CCCCCCCC1CCC(C2CCC(C(=O)Oc3ccc(OC(=O)C4CCC(C5CCC(CCCCCCC)CC5)CC4)c(OCC4CO4)c3)CC2)CC1. The lowest BCUT2D eigenvalue weighted by Gasteiger charge is -2.37. The van der Waals surface area contributed by atoms with Crippen molar-refractivity contribution in [3.8, 4) is 17.2 Å². The molecule has 1 aliphatic heterocycles. The molecule has 1 heterocycles. The Kier molecular flexibility index (Phi) is 17.6. The molecule has 310 valence electrons. The van der Waals surface area contributed by atoms with Gasteiger partial charge in [0.05, 0.1) is 18.4 Å². The lowest BCUT2D eigenvalue weighted by molar-refractivity contribution is -0.141. The van der Waals surface area contributed by atoms with Crippen LogP contribution in [-0.2, 0) is 14.3 Å². The van der Waals surface area contributed by atoms with Gasteiger partial charge < -0.3 is 18.9 Å². The molecule has 6 rings (SSSR count). The van der Waals surface area contributed by atoms with Gasteiger partial charge in [-0.3, -0.25) is 9.59 Å². The number of esters is 2. The molecule has 0 aromatic heterocycles. The summed E-state index contributed by atoms with van der Waals surface area (Å²) in [6.07, 6.45) is 36.1. The molecular weight excluding hydrogens is 685 g/mol. The van der Waals surface area contributed by atoms with Gasteiger partial charge in [-0.05, 0) is 125 Å². The Morgan fingerprint density at radius 2 is 0.982 bits per heavy atom. The van der Waals surface area contributed by atoms with Crippen LogP contribution in [0.2, 0.25) is 0 Å². The second-order valence-corrected chi connectivity index (χ2v) is 18.9. The number of benzene rings is 1. The van der Waals surface area contributed by atoms with Gasteiger partial charge in [0.1, 0.15) is 18.5 Å². The maximum absolute atomic E-state index is 13.5. The molecule has 1 atom stereocenters. The molecule has 0 bridgehead atoms. The Bertz CT molecular complexity index is 1260. The summed E-state index contributed by atoms with van der Waals surface area (Å²) in [7, 11) is 0. The third-order valence-corrected chi connectivity index (χ3v) is 14.9. The minimum absolute atomic E-state index is 0.0528. The summed E-state index contributed by atoms with van der Waals surface area (Å²) < 4.78 is 23.5. The Labute approximate surface area is 335 Å². The van der Waals surface area contributed by atoms with Crippen LogP contribution in [0.1, 0.15) is 194 Å². The Hall–Kier alpha value is -2.08. The third kappa shape index (κ3) is 13.8. The molecule has 1 unspecified atom stereocenters. The molecule has 0 N–H and O–H groups in total. The standard InChI is InChI=1S/C49H78O6/c1-3-5-7-9-11-13-36-15-19-38(20-16-36)40-23-27-42(28-24-40)48(50)54-44-31-32-46(47(33-44)53-35-45-34-52-45)55-49(51)43-29-25-41(26-30-43)39-21-17-37(18-22-39)14-12-10-8-6-4-2/h31-33,36-43,45H,3-30,34-35H2,1-2H3. The molecule has 0 spiro atoms. The second kappa shape index (κ2) is 22.8. The largest absolute Gasteiger partial charge is 0.487 e. The molecule has 0 amide bonds. The van der Waals surface area contributed by atoms with E-state index in [1.54, 1.807) is 18.2 Å². The summed E-state index contributed by atoms with van der Waals surface area (Å²) >= 11 is 0. The average molecular weight is 763 g/mol. The van der Waals surface area contributed by atoms with Gasteiger partial charge in [0.25, 0.3) is 0 Å². The highest BCUT2D eigenvalue weighted by Gasteiger charge is 2.36. The van der Waals surface area contributed by atoms with E-state index in [1.807, 2.05) is 0 Å². The van der Waals surface area contributed by atoms with Crippen LogP contribution in [0, 0.1) is 47.3 Å². The Balaban J connectivity index is 0.910. The summed E-state index contributed by atoms with van der Waals surface area (Å²) in [5.41, 5.74) is 0. The third-order valence-electron chi connectivity index (χ3n) is 14.9. The van der Waals surface area contributed by atoms with Crippen LogP contribution in [0.3, 0.4) is 0 Å². The molecule has 6 heteroatoms. The second-order valence-electron chi connectivity index (χ2n) is 18.9. The highest BCUT2D eigenvalue weighted by Crippen LogP contribution is 2.45. The molecule has 4 aliphatic carbocycles. The van der Waals surface area contributed by atoms with Gasteiger partial charge in [-0.2, -0.15) is 0 Å². The smallest absolute Gasteiger partial charge is 0.314 e. The fourth-order valence-electron chi connectivity index (χ4n) is 11.1. The average Bonchev–Trinajstić information content (AvgIpc) is 4.06. The number of carbonyl (C=O) groups is 2. The lowest BCUT2D eigenvalue weighted by atomic mass is 9.68. The van der Waals surface area contributed by atoms with Crippen molar-refractivity contribution in [3.05, 3.63) is 18.2 Å². The van der Waals surface area contributed by atoms with Gasteiger partial charge in [-0.25, -0.2) is 0 Å². The molecule has 4 saturated carbocycles. The first-order chi connectivity index (χ1) is 27.0. The zero-order valence-electron chi connectivity index (χ0n) is 35.1. The number of ether oxygens (including phenoxy) is 4. The van der Waals surface area contributed by atoms with Gasteiger partial charge >= 0.3 is 11.9 Å². The molecule has 1 aromatic carbocycles. The van der Waals surface area contributed by atoms with Crippen LogP contribution in [0.15, 0.2) is 18.2 Å². The summed E-state index contributed by atoms with van der Waals surface area (Å²) in [5.74, 6) is 5.97. The number of carbonyl (C=O) groups excluding carboxylic acids is 2. The van der Waals surface area contributed by atoms with E-state index < -0.39 is 0 Å². The summed E-state index contributed by atoms with van der Waals surface area (Å²) in [5, 5.41) is 0. The topological polar surface area (TPSA) is 74.4 Å². The van der Waals surface area contributed by atoms with E-state index in [2.05, 4.69) is 13.8 Å². The highest BCUT2D eigenvalue weighted by molar-refractivity contribution is 5.77. The van der Waals surface area contributed by atoms with Crippen molar-refractivity contribution in [3.63, 3.8) is 0 Å². The van der Waals surface area contributed by atoms with Gasteiger partial charge in [-0.1, -0.05) is 117 Å². The van der Waals surface area contributed by atoms with E-state index in [-0.39, 0.29) is 29.9 Å². The fraction of sp³-hybridized carbons (Fsp3) is 0.837. The van der Waals surface area contributed by atoms with Crippen LogP contribution in [0.5, 0.6) is 17.2 Å². The van der Waals surface area contributed by atoms with Gasteiger partial charge in [-0.15, -0.1) is 0 Å². The monoisotopic (exact) mass is 763 g/mol. The highest BCUT2D eigenvalue weighted by atomic mass is 16.6. The molecule has 55 heavy (non-hydrogen) atoms. The molecule has 5 aliphatic rings. The first kappa shape index (κ1) is 42.5. The van der Waals surface area contributed by atoms with Crippen LogP contribution >= 0.6 is 0 Å². The predicted molar refractivity (Wildman–Crippen MR) is 221 cm³/mol. The van der Waals surface area contributed by atoms with E-state index in [0.717, 1.165) is 86.9 Å². The van der Waals surface area contributed by atoms with Crippen LogP contribution in [0.25, 0.3) is 0 Å². The Morgan fingerprint density at radius 1 is 0.545 bits per heavy atom. The zero-order chi connectivity index (χ0) is 38.2. The summed E-state index contributed by atoms with van der Waals surface area (Å²) in [4.78, 5) is 26.9. The molecule has 1 saturated heterocycles. The van der Waals surface area contributed by atoms with Crippen molar-refractivity contribution < 1.29 is 28.5 Å². The molecular formula is C49H78O6. The van der Waals surface area contributed by atoms with Gasteiger partial charge in [0.15, 0.2) is 11.5 Å². The van der Waals surface area contributed by atoms with Crippen molar-refractivity contribution in [1.29, 1.82) is 0 Å². The van der Waals surface area contributed by atoms with Crippen LogP contribution < -0.4 is 14.2 Å². The number of unbranched alkanes of at least 4 members (excludes halogenated alkanes) is 8. The van der Waals surface area contributed by atoms with Gasteiger partial charge in [0, 0.05) is 6.07 Å². The van der Waals surface area contributed by atoms with E-state index in [0.29, 0.717) is 30.5 Å². The van der Waals surface area contributed by atoms with E-state index in [1.165, 1.54) is 128 Å². The van der Waals surface area contributed by atoms with Crippen molar-refractivity contribution >= 4 is 11.9 Å². The van der Waals surface area contributed by atoms with E-state index in [9.17, 15) is 9.59 Å². The minimum Gasteiger partial charge on any atom is -0.487 e. The molecule has 0 radical (unpaired) electrons. The molecule has 5 fully saturated rings. The summed E-state index contributed by atoms with van der Waals surface area (Å²) in [6.45, 7) is 5.65. The number of hydrogen-bond donors (Lipinski definition) is 0. The first-order valence-corrected chi connectivity index (χ1v) is 23.8. The number of hydrogen-bond acceptors (Lipinski definition) is 6. The van der Waals surface area contributed by atoms with Gasteiger partial charge in [0.2, 0.25) is 0 Å². The van der Waals surface area contributed by atoms with E-state index >= 15 is 0 Å². The zero-order valence-corrected chi connectivity index (χ0v) is 35.1. The Morgan fingerprint density at radius 3 is 1.44 bits per heavy atom. The van der Waals surface area contributed by atoms with Crippen molar-refractivity contribution in [1.82, 2.24) is 0 Å². The quantitative estimate of drug-likeness (QED) is 0.0537. The first-order valence-electron chi connectivity index (χ1n) is 23.8. The summed E-state index contributed by atoms with van der Waals surface area (Å²) in [6, 6.07) is 5.23. The van der Waals surface area contributed by atoms with Crippen LogP contribution in [-0.4, -0.2) is 31.3 Å². The number of rotatable bonds is 21. The van der Waals surface area contributed by atoms with E-state index in [4.69, 9.17) is 18.9 Å². The predicted octanol–water partition coefficient (Wildman–Crippen LogP) is 13.2. The normalized spacial score (nSPS) is 31.1. The lowest BCUT2D eigenvalue weighted by Crippen LogP contribution is -2.30. The van der Waals surface area contributed by atoms with Crippen molar-refractivity contribution in [2.24, 2.45) is 47.3 Å². The van der Waals surface area contributed by atoms with Crippen molar-refractivity contribution in [2.75, 3.05) is 13.2 Å². The fourth-order valence-corrected chi connectivity index (χ4v) is 11.1.